The molecule has 0 nitrogen and oxygen atoms in total. The van der Waals surface area contributed by atoms with Crippen LogP contribution in [0.5, 0.6) is 0 Å². The van der Waals surface area contributed by atoms with Crippen molar-refractivity contribution in [1.29, 1.82) is 0 Å². The summed E-state index contributed by atoms with van der Waals surface area (Å²) in [4.78, 5) is 0. The highest BCUT2D eigenvalue weighted by Gasteiger charge is 2.22. The second kappa shape index (κ2) is 7.79. The highest BCUT2D eigenvalue weighted by Crippen LogP contribution is 2.52. The average Bonchev–Trinajstić information content (AvgIpc) is 3.35. The third-order valence-electron chi connectivity index (χ3n) is 3.59. The monoisotopic (exact) mass is 382 g/mol. The average molecular weight is 383 g/mol. The van der Waals surface area contributed by atoms with Crippen LogP contribution in [0.2, 0.25) is 0 Å². The van der Waals surface area contributed by atoms with E-state index in [9.17, 15) is 0 Å². The number of rotatable bonds is 3. The third kappa shape index (κ3) is 3.42. The summed E-state index contributed by atoms with van der Waals surface area (Å²) < 4.78 is 2.70. The van der Waals surface area contributed by atoms with Gasteiger partial charge < -0.3 is 0 Å². The second-order valence-corrected chi connectivity index (χ2v) is 9.25. The molecule has 0 bridgehead atoms. The molecule has 4 rings (SSSR count). The Balaban J connectivity index is 1.95. The van der Waals surface area contributed by atoms with Crippen molar-refractivity contribution in [2.75, 3.05) is 0 Å². The molecule has 4 heteroatoms. The summed E-state index contributed by atoms with van der Waals surface area (Å²) in [6.45, 7) is 0. The fourth-order valence-electron chi connectivity index (χ4n) is 2.59. The molecule has 0 fully saturated rings. The highest BCUT2D eigenvalue weighted by atomic mass is 32.2. The standard InChI is InChI=1S/C20H14S4/c1-3-7-15(8-4-1)17(19-21-11-12-22-19)18(20-23-13-14-24-20)16-9-5-2-6-10-16/h1-14H. The molecule has 2 heterocycles. The van der Waals surface area contributed by atoms with Crippen molar-refractivity contribution >= 4 is 58.2 Å². The zero-order chi connectivity index (χ0) is 16.2. The molecule has 0 atom stereocenters. The lowest BCUT2D eigenvalue weighted by atomic mass is 9.95. The van der Waals surface area contributed by atoms with E-state index in [1.807, 2.05) is 47.0 Å². The minimum atomic E-state index is 1.27. The number of benzene rings is 2. The summed E-state index contributed by atoms with van der Waals surface area (Å²) in [7, 11) is 0. The smallest absolute Gasteiger partial charge is 0.0572 e. The van der Waals surface area contributed by atoms with E-state index < -0.39 is 0 Å². The van der Waals surface area contributed by atoms with Gasteiger partial charge in [0, 0.05) is 11.1 Å². The van der Waals surface area contributed by atoms with E-state index in [0.29, 0.717) is 0 Å². The Bertz CT molecular complexity index is 752. The maximum Gasteiger partial charge on any atom is 0.0572 e. The molecule has 0 amide bonds. The van der Waals surface area contributed by atoms with Crippen molar-refractivity contribution in [2.45, 2.75) is 0 Å². The molecule has 2 aliphatic rings. The van der Waals surface area contributed by atoms with Gasteiger partial charge in [-0.1, -0.05) is 108 Å². The fourth-order valence-corrected chi connectivity index (χ4v) is 6.43. The van der Waals surface area contributed by atoms with E-state index in [0.717, 1.165) is 0 Å². The summed E-state index contributed by atoms with van der Waals surface area (Å²) >= 11 is 7.26. The minimum Gasteiger partial charge on any atom is -0.0895 e. The molecular weight excluding hydrogens is 368 g/mol. The number of thioether (sulfide) groups is 4. The van der Waals surface area contributed by atoms with Crippen molar-refractivity contribution in [3.8, 4) is 0 Å². The van der Waals surface area contributed by atoms with Crippen LogP contribution >= 0.6 is 47.0 Å². The third-order valence-corrected chi connectivity index (χ3v) is 7.86. The SMILES string of the molecule is C1=CSC(=C(C(=C2SC=CS2)c2ccccc2)c2ccccc2)S1. The molecular formula is C20H14S4. The van der Waals surface area contributed by atoms with Crippen molar-refractivity contribution in [3.05, 3.63) is 102 Å². The molecule has 2 aromatic carbocycles. The Morgan fingerprint density at radius 3 is 1.12 bits per heavy atom. The van der Waals surface area contributed by atoms with Gasteiger partial charge in [0.05, 0.1) is 8.47 Å². The first kappa shape index (κ1) is 16.3. The van der Waals surface area contributed by atoms with Gasteiger partial charge in [0.25, 0.3) is 0 Å². The van der Waals surface area contributed by atoms with E-state index in [-0.39, 0.29) is 0 Å². The second-order valence-electron chi connectivity index (χ2n) is 5.07. The lowest BCUT2D eigenvalue weighted by Gasteiger charge is -2.18. The van der Waals surface area contributed by atoms with Crippen LogP contribution in [0.15, 0.2) is 90.8 Å². The number of allylic oxidation sites excluding steroid dienone is 2. The van der Waals surface area contributed by atoms with Crippen LogP contribution in [-0.4, -0.2) is 0 Å². The Morgan fingerprint density at radius 2 is 0.792 bits per heavy atom. The van der Waals surface area contributed by atoms with Gasteiger partial charge in [0.15, 0.2) is 0 Å². The van der Waals surface area contributed by atoms with Crippen molar-refractivity contribution in [3.63, 3.8) is 0 Å². The van der Waals surface area contributed by atoms with E-state index in [4.69, 9.17) is 0 Å². The van der Waals surface area contributed by atoms with Crippen LogP contribution < -0.4 is 0 Å². The lowest BCUT2D eigenvalue weighted by molar-refractivity contribution is 1.59. The summed E-state index contributed by atoms with van der Waals surface area (Å²) in [5.41, 5.74) is 5.22. The summed E-state index contributed by atoms with van der Waals surface area (Å²) in [5, 5.41) is 8.68. The van der Waals surface area contributed by atoms with Crippen LogP contribution in [0.4, 0.5) is 0 Å². The highest BCUT2D eigenvalue weighted by molar-refractivity contribution is 8.28. The molecule has 0 aromatic heterocycles. The fraction of sp³-hybridized carbons (Fsp3) is 0. The van der Waals surface area contributed by atoms with Crippen molar-refractivity contribution in [2.24, 2.45) is 0 Å². The Labute approximate surface area is 159 Å². The quantitative estimate of drug-likeness (QED) is 0.535. The van der Waals surface area contributed by atoms with E-state index >= 15 is 0 Å². The van der Waals surface area contributed by atoms with Gasteiger partial charge in [-0.25, -0.2) is 0 Å². The summed E-state index contributed by atoms with van der Waals surface area (Å²) in [6.07, 6.45) is 0. The first-order chi connectivity index (χ1) is 11.9. The van der Waals surface area contributed by atoms with Gasteiger partial charge in [-0.15, -0.1) is 0 Å². The molecule has 118 valence electrons. The Morgan fingerprint density at radius 1 is 0.458 bits per heavy atom. The molecule has 0 unspecified atom stereocenters. The van der Waals surface area contributed by atoms with Crippen LogP contribution in [0, 0.1) is 0 Å². The Hall–Kier alpha value is -1.20. The van der Waals surface area contributed by atoms with Crippen LogP contribution in [0.25, 0.3) is 11.1 Å². The van der Waals surface area contributed by atoms with Gasteiger partial charge >= 0.3 is 0 Å². The van der Waals surface area contributed by atoms with Crippen LogP contribution in [0.1, 0.15) is 11.1 Å². The van der Waals surface area contributed by atoms with Gasteiger partial charge in [0.2, 0.25) is 0 Å². The molecule has 24 heavy (non-hydrogen) atoms. The zero-order valence-electron chi connectivity index (χ0n) is 12.7. The predicted molar refractivity (Wildman–Crippen MR) is 115 cm³/mol. The van der Waals surface area contributed by atoms with Gasteiger partial charge in [-0.2, -0.15) is 0 Å². The number of hydrogen-bond donors (Lipinski definition) is 0. The summed E-state index contributed by atoms with van der Waals surface area (Å²) in [5.74, 6) is 0. The van der Waals surface area contributed by atoms with Crippen molar-refractivity contribution < 1.29 is 0 Å². The molecule has 0 saturated carbocycles. The largest absolute Gasteiger partial charge is 0.0895 e. The van der Waals surface area contributed by atoms with Crippen LogP contribution in [-0.2, 0) is 0 Å². The van der Waals surface area contributed by atoms with Crippen LogP contribution in [0.3, 0.4) is 0 Å². The molecule has 0 N–H and O–H groups in total. The zero-order valence-corrected chi connectivity index (χ0v) is 16.0. The molecule has 0 spiro atoms. The van der Waals surface area contributed by atoms with E-state index in [1.54, 1.807) is 0 Å². The van der Waals surface area contributed by atoms with E-state index in [1.165, 1.54) is 30.7 Å². The molecule has 2 aliphatic heterocycles. The maximum atomic E-state index is 2.21. The first-order valence-electron chi connectivity index (χ1n) is 7.50. The minimum absolute atomic E-state index is 1.27. The van der Waals surface area contributed by atoms with Gasteiger partial charge in [0.1, 0.15) is 0 Å². The van der Waals surface area contributed by atoms with Crippen molar-refractivity contribution in [1.82, 2.24) is 0 Å². The Kier molecular flexibility index (Phi) is 5.28. The van der Waals surface area contributed by atoms with Gasteiger partial charge in [-0.05, 0) is 32.8 Å². The molecule has 2 aromatic rings. The molecule has 0 saturated heterocycles. The number of hydrogen-bond acceptors (Lipinski definition) is 4. The predicted octanol–water partition coefficient (Wildman–Crippen LogP) is 7.63. The van der Waals surface area contributed by atoms with E-state index in [2.05, 4.69) is 82.3 Å². The maximum absolute atomic E-state index is 2.21. The summed E-state index contributed by atoms with van der Waals surface area (Å²) in [6, 6.07) is 21.5. The van der Waals surface area contributed by atoms with Gasteiger partial charge in [-0.3, -0.25) is 0 Å². The molecule has 0 radical (unpaired) electrons. The molecule has 0 aliphatic carbocycles. The normalized spacial score (nSPS) is 16.0. The first-order valence-corrected chi connectivity index (χ1v) is 11.0. The topological polar surface area (TPSA) is 0 Å². The lowest BCUT2D eigenvalue weighted by Crippen LogP contribution is -1.94.